The van der Waals surface area contributed by atoms with Crippen molar-refractivity contribution in [3.8, 4) is 11.5 Å². The van der Waals surface area contributed by atoms with Crippen molar-refractivity contribution in [1.29, 1.82) is 5.41 Å². The normalized spacial score (nSPS) is 16.5. The SMILES string of the molecule is CCOc1cc(/C=C2\C(=N)N3N=C(CC(C)C)SC3=NC2=O)cc(Br)c1OCc1ccccc1Cl. The molecule has 2 heterocycles. The summed E-state index contributed by atoms with van der Waals surface area (Å²) in [6.45, 7) is 6.77. The van der Waals surface area contributed by atoms with Gasteiger partial charge in [0.05, 0.1) is 16.7 Å². The molecule has 1 N–H and O–H groups in total. The van der Waals surface area contributed by atoms with Crippen molar-refractivity contribution in [2.24, 2.45) is 16.0 Å². The number of fused-ring (bicyclic) bond motifs is 1. The molecule has 0 aliphatic carbocycles. The molecule has 0 unspecified atom stereocenters. The zero-order chi connectivity index (χ0) is 25.1. The van der Waals surface area contributed by atoms with E-state index >= 15 is 0 Å². The molecule has 0 saturated heterocycles. The summed E-state index contributed by atoms with van der Waals surface area (Å²) in [6.07, 6.45) is 2.39. The molecule has 0 atom stereocenters. The zero-order valence-electron chi connectivity index (χ0n) is 19.5. The van der Waals surface area contributed by atoms with Crippen LogP contribution >= 0.6 is 39.3 Å². The van der Waals surface area contributed by atoms with E-state index in [0.29, 0.717) is 44.3 Å². The maximum absolute atomic E-state index is 12.8. The van der Waals surface area contributed by atoms with Gasteiger partial charge in [0, 0.05) is 17.0 Å². The molecule has 0 fully saturated rings. The average molecular weight is 576 g/mol. The third-order valence-corrected chi connectivity index (χ3v) is 6.94. The molecule has 4 rings (SSSR count). The van der Waals surface area contributed by atoms with Crippen molar-refractivity contribution in [3.05, 3.63) is 62.6 Å². The van der Waals surface area contributed by atoms with Crippen molar-refractivity contribution in [2.45, 2.75) is 33.8 Å². The smallest absolute Gasteiger partial charge is 0.283 e. The Morgan fingerprint density at radius 3 is 2.74 bits per heavy atom. The zero-order valence-corrected chi connectivity index (χ0v) is 22.6. The average Bonchev–Trinajstić information content (AvgIpc) is 3.19. The molecule has 10 heteroatoms. The quantitative estimate of drug-likeness (QED) is 0.352. The summed E-state index contributed by atoms with van der Waals surface area (Å²) in [5.41, 5.74) is 1.67. The monoisotopic (exact) mass is 574 g/mol. The first kappa shape index (κ1) is 25.5. The van der Waals surface area contributed by atoms with Crippen LogP contribution in [0.3, 0.4) is 0 Å². The van der Waals surface area contributed by atoms with Gasteiger partial charge >= 0.3 is 0 Å². The van der Waals surface area contributed by atoms with Crippen LogP contribution in [0.15, 0.2) is 56.5 Å². The molecule has 2 aliphatic rings. The van der Waals surface area contributed by atoms with Gasteiger partial charge in [0.2, 0.25) is 5.17 Å². The van der Waals surface area contributed by atoms with E-state index in [0.717, 1.165) is 17.0 Å². The second-order valence-electron chi connectivity index (χ2n) is 8.25. The van der Waals surface area contributed by atoms with E-state index in [1.807, 2.05) is 37.3 Å². The van der Waals surface area contributed by atoms with Gasteiger partial charge in [0.25, 0.3) is 5.91 Å². The Labute approximate surface area is 221 Å². The lowest BCUT2D eigenvalue weighted by atomic mass is 10.1. The minimum atomic E-state index is -0.470. The van der Waals surface area contributed by atoms with Crippen LogP contribution in [-0.2, 0) is 11.4 Å². The highest BCUT2D eigenvalue weighted by atomic mass is 79.9. The number of amides is 1. The van der Waals surface area contributed by atoms with Gasteiger partial charge in [0.1, 0.15) is 11.7 Å². The van der Waals surface area contributed by atoms with Crippen molar-refractivity contribution >= 4 is 67.3 Å². The molecule has 2 aromatic rings. The van der Waals surface area contributed by atoms with Crippen LogP contribution in [-0.4, -0.2) is 33.6 Å². The maximum atomic E-state index is 12.8. The van der Waals surface area contributed by atoms with Crippen molar-refractivity contribution < 1.29 is 14.3 Å². The first-order valence-electron chi connectivity index (χ1n) is 11.1. The molecule has 0 aromatic heterocycles. The number of hydrogen-bond donors (Lipinski definition) is 1. The lowest BCUT2D eigenvalue weighted by Gasteiger charge is -2.20. The van der Waals surface area contributed by atoms with Crippen LogP contribution in [0.25, 0.3) is 6.08 Å². The number of carbonyl (C=O) groups is 1. The number of ether oxygens (including phenoxy) is 2. The Bertz CT molecular complexity index is 1280. The molecule has 7 nitrogen and oxygen atoms in total. The molecule has 2 aliphatic heterocycles. The number of hydrogen-bond acceptors (Lipinski definition) is 6. The number of hydrazone groups is 1. The third kappa shape index (κ3) is 5.79. The molecule has 182 valence electrons. The van der Waals surface area contributed by atoms with E-state index in [1.54, 1.807) is 12.1 Å². The number of halogens is 2. The van der Waals surface area contributed by atoms with Crippen molar-refractivity contribution in [1.82, 2.24) is 5.01 Å². The maximum Gasteiger partial charge on any atom is 0.283 e. The van der Waals surface area contributed by atoms with Crippen LogP contribution in [0.4, 0.5) is 0 Å². The van der Waals surface area contributed by atoms with Gasteiger partial charge in [-0.3, -0.25) is 10.2 Å². The van der Waals surface area contributed by atoms with E-state index in [9.17, 15) is 4.79 Å². The number of thioether (sulfide) groups is 1. The second kappa shape index (κ2) is 11.0. The number of rotatable bonds is 8. The fourth-order valence-electron chi connectivity index (χ4n) is 3.47. The second-order valence-corrected chi connectivity index (χ2v) is 10.6. The molecule has 35 heavy (non-hydrogen) atoms. The Morgan fingerprint density at radius 1 is 1.26 bits per heavy atom. The van der Waals surface area contributed by atoms with E-state index in [1.165, 1.54) is 16.8 Å². The van der Waals surface area contributed by atoms with E-state index < -0.39 is 5.91 Å². The minimum Gasteiger partial charge on any atom is -0.490 e. The first-order chi connectivity index (χ1) is 16.8. The Kier molecular flexibility index (Phi) is 7.98. The lowest BCUT2D eigenvalue weighted by molar-refractivity contribution is -0.114. The molecule has 2 aromatic carbocycles. The highest BCUT2D eigenvalue weighted by Gasteiger charge is 2.35. The molecule has 0 saturated carbocycles. The summed E-state index contributed by atoms with van der Waals surface area (Å²) < 4.78 is 12.5. The van der Waals surface area contributed by atoms with E-state index in [4.69, 9.17) is 26.5 Å². The number of amidine groups is 2. The number of nitrogens with one attached hydrogen (secondary N) is 1. The number of benzene rings is 2. The lowest BCUT2D eigenvalue weighted by Crippen LogP contribution is -2.35. The standard InChI is InChI=1S/C25H24BrClN4O3S/c1-4-33-20-12-15(11-18(26)22(20)34-13-16-7-5-6-8-19(16)27)10-17-23(28)31-25(29-24(17)32)35-21(30-31)9-14(2)3/h5-8,10-12,14,28H,4,9,13H2,1-3H3/b17-10+,28-23?. The minimum absolute atomic E-state index is 0.000570. The van der Waals surface area contributed by atoms with Crippen molar-refractivity contribution in [3.63, 3.8) is 0 Å². The summed E-state index contributed by atoms with van der Waals surface area (Å²) in [7, 11) is 0. The number of carbonyl (C=O) groups excluding carboxylic acids is 1. The number of aliphatic imine (C=N–C) groups is 1. The summed E-state index contributed by atoms with van der Waals surface area (Å²) in [6, 6.07) is 11.1. The molecule has 0 bridgehead atoms. The van der Waals surface area contributed by atoms with Gasteiger partial charge in [-0.2, -0.15) is 15.1 Å². The van der Waals surface area contributed by atoms with Gasteiger partial charge < -0.3 is 9.47 Å². The largest absolute Gasteiger partial charge is 0.490 e. The topological polar surface area (TPSA) is 87.3 Å². The fraction of sp³-hybridized carbons (Fsp3) is 0.280. The first-order valence-corrected chi connectivity index (χ1v) is 13.1. The molecular formula is C25H24BrClN4O3S. The molecule has 0 radical (unpaired) electrons. The van der Waals surface area contributed by atoms with Crippen LogP contribution < -0.4 is 9.47 Å². The Morgan fingerprint density at radius 2 is 2.03 bits per heavy atom. The predicted octanol–water partition coefficient (Wildman–Crippen LogP) is 6.75. The highest BCUT2D eigenvalue weighted by molar-refractivity contribution is 9.10. The van der Waals surface area contributed by atoms with Gasteiger partial charge in [0.15, 0.2) is 17.3 Å². The Hall–Kier alpha value is -2.62. The molecular weight excluding hydrogens is 552 g/mol. The Balaban J connectivity index is 1.62. The summed E-state index contributed by atoms with van der Waals surface area (Å²) in [5.74, 6) is 0.977. The van der Waals surface area contributed by atoms with Gasteiger partial charge in [-0.05, 0) is 70.4 Å². The van der Waals surface area contributed by atoms with E-state index in [-0.39, 0.29) is 18.0 Å². The van der Waals surface area contributed by atoms with Gasteiger partial charge in [-0.15, -0.1) is 0 Å². The van der Waals surface area contributed by atoms with Crippen LogP contribution in [0.2, 0.25) is 5.02 Å². The summed E-state index contributed by atoms with van der Waals surface area (Å²) in [5, 5.41) is 16.4. The van der Waals surface area contributed by atoms with Crippen LogP contribution in [0.5, 0.6) is 11.5 Å². The van der Waals surface area contributed by atoms with Gasteiger partial charge in [-0.1, -0.05) is 43.6 Å². The molecule has 0 spiro atoms. The predicted molar refractivity (Wildman–Crippen MR) is 146 cm³/mol. The van der Waals surface area contributed by atoms with Crippen LogP contribution in [0, 0.1) is 11.3 Å². The number of nitrogens with zero attached hydrogens (tertiary/aromatic N) is 3. The highest BCUT2D eigenvalue weighted by Crippen LogP contribution is 2.39. The van der Waals surface area contributed by atoms with E-state index in [2.05, 4.69) is 39.9 Å². The fourth-order valence-corrected chi connectivity index (χ4v) is 5.33. The summed E-state index contributed by atoms with van der Waals surface area (Å²) >= 11 is 11.2. The van der Waals surface area contributed by atoms with Crippen LogP contribution in [0.1, 0.15) is 38.3 Å². The summed E-state index contributed by atoms with van der Waals surface area (Å²) in [4.78, 5) is 16.9. The van der Waals surface area contributed by atoms with Gasteiger partial charge in [-0.25, -0.2) is 0 Å². The van der Waals surface area contributed by atoms with Crippen molar-refractivity contribution in [2.75, 3.05) is 6.61 Å². The molecule has 1 amide bonds. The third-order valence-electron chi connectivity index (χ3n) is 5.05.